The second kappa shape index (κ2) is 10.8. The molecule has 220 valence electrons. The first-order valence-electron chi connectivity index (χ1n) is 14.3. The van der Waals surface area contributed by atoms with Gasteiger partial charge in [0, 0.05) is 41.5 Å². The van der Waals surface area contributed by atoms with Gasteiger partial charge in [0.2, 0.25) is 0 Å². The summed E-state index contributed by atoms with van der Waals surface area (Å²) < 4.78 is 30.1. The number of hydrogen-bond donors (Lipinski definition) is 0. The minimum atomic E-state index is -3.92. The zero-order valence-corrected chi connectivity index (χ0v) is 26.7. The van der Waals surface area contributed by atoms with Crippen LogP contribution in [0.5, 0.6) is 0 Å². The van der Waals surface area contributed by atoms with E-state index < -0.39 is 10.0 Å². The van der Waals surface area contributed by atoms with Crippen molar-refractivity contribution in [2.45, 2.75) is 25.3 Å². The summed E-state index contributed by atoms with van der Waals surface area (Å²) in [7, 11) is -1.76. The highest BCUT2D eigenvalue weighted by Gasteiger charge is 2.31. The molecule has 2 aromatic heterocycles. The molecule has 4 heterocycles. The van der Waals surface area contributed by atoms with Crippen molar-refractivity contribution < 1.29 is 8.42 Å². The van der Waals surface area contributed by atoms with Crippen LogP contribution in [0.3, 0.4) is 0 Å². The first-order chi connectivity index (χ1) is 20.7. The number of piperazine rings is 1. The number of nitrogens with zero attached hydrogens (tertiary/aromatic N) is 5. The highest BCUT2D eigenvalue weighted by Crippen LogP contribution is 2.45. The Morgan fingerprint density at radius 2 is 1.65 bits per heavy atom. The lowest BCUT2D eigenvalue weighted by Crippen LogP contribution is -2.47. The number of aryl methyl sites for hydroxylation is 2. The van der Waals surface area contributed by atoms with Gasteiger partial charge in [-0.05, 0) is 75.5 Å². The first-order valence-corrected chi connectivity index (χ1v) is 16.9. The highest BCUT2D eigenvalue weighted by molar-refractivity contribution is 7.90. The summed E-state index contributed by atoms with van der Waals surface area (Å²) >= 11 is 8.10. The normalized spacial score (nSPS) is 15.8. The van der Waals surface area contributed by atoms with Crippen LogP contribution in [0.15, 0.2) is 88.8 Å². The van der Waals surface area contributed by atoms with Gasteiger partial charge in [0.25, 0.3) is 10.0 Å². The van der Waals surface area contributed by atoms with Gasteiger partial charge in [0.1, 0.15) is 10.8 Å². The van der Waals surface area contributed by atoms with Crippen molar-refractivity contribution in [1.82, 2.24) is 13.8 Å². The van der Waals surface area contributed by atoms with Crippen LogP contribution in [0.4, 0.5) is 16.4 Å². The number of anilines is 2. The molecule has 1 fully saturated rings. The Bertz CT molecular complexity index is 1990. The van der Waals surface area contributed by atoms with Crippen LogP contribution in [0, 0.1) is 13.8 Å². The number of rotatable bonds is 4. The zero-order chi connectivity index (χ0) is 29.9. The van der Waals surface area contributed by atoms with E-state index in [-0.39, 0.29) is 4.90 Å². The van der Waals surface area contributed by atoms with Gasteiger partial charge in [0.05, 0.1) is 39.6 Å². The number of benzene rings is 3. The fourth-order valence-electron chi connectivity index (χ4n) is 5.94. The summed E-state index contributed by atoms with van der Waals surface area (Å²) in [6, 6.07) is 24.7. The molecule has 0 bridgehead atoms. The Morgan fingerprint density at radius 3 is 2.42 bits per heavy atom. The third-order valence-corrected chi connectivity index (χ3v) is 11.3. The van der Waals surface area contributed by atoms with Crippen LogP contribution in [0.1, 0.15) is 21.7 Å². The molecule has 1 saturated heterocycles. The fourth-order valence-corrected chi connectivity index (χ4v) is 8.67. The van der Waals surface area contributed by atoms with Gasteiger partial charge in [-0.25, -0.2) is 17.4 Å². The van der Waals surface area contributed by atoms with Crippen molar-refractivity contribution in [1.29, 1.82) is 0 Å². The zero-order valence-electron chi connectivity index (χ0n) is 24.3. The largest absolute Gasteiger partial charge is 0.353 e. The monoisotopic (exact) mass is 629 g/mol. The summed E-state index contributed by atoms with van der Waals surface area (Å²) in [6.07, 6.45) is 0. The van der Waals surface area contributed by atoms with Crippen molar-refractivity contribution in [2.75, 3.05) is 38.1 Å². The van der Waals surface area contributed by atoms with Crippen LogP contribution < -0.4 is 4.90 Å². The highest BCUT2D eigenvalue weighted by atomic mass is 35.5. The van der Waals surface area contributed by atoms with Gasteiger partial charge < -0.3 is 14.7 Å². The standard InChI is InChI=1S/C33H32ClN5O2S2/c1-22-8-11-27(12-9-22)43(40,41)39-26(20-24-19-25(34)10-13-30(24)39)21-38-31-7-5-4-6-29(31)35-32(28-18-23(2)42-33(28)38)37-16-14-36(3)15-17-37/h4-13,18-20H,14-17,21H2,1-3H3. The Balaban J connectivity index is 1.40. The number of fused-ring (bicyclic) bond motifs is 3. The fraction of sp³-hybridized carbons (Fsp3) is 0.242. The second-order valence-electron chi connectivity index (χ2n) is 11.3. The number of likely N-dealkylation sites (N-methyl/N-ethyl adjacent to an activating group) is 1. The minimum Gasteiger partial charge on any atom is -0.353 e. The van der Waals surface area contributed by atoms with E-state index in [9.17, 15) is 8.42 Å². The molecule has 0 radical (unpaired) electrons. The summed E-state index contributed by atoms with van der Waals surface area (Å²) in [6.45, 7) is 8.14. The third-order valence-electron chi connectivity index (χ3n) is 8.19. The van der Waals surface area contributed by atoms with Crippen molar-refractivity contribution in [3.8, 4) is 0 Å². The number of aromatic nitrogens is 1. The Hall–Kier alpha value is -3.63. The topological polar surface area (TPSA) is 61.2 Å². The van der Waals surface area contributed by atoms with E-state index in [1.165, 1.54) is 8.85 Å². The Morgan fingerprint density at radius 1 is 0.907 bits per heavy atom. The van der Waals surface area contributed by atoms with Crippen LogP contribution >= 0.6 is 22.9 Å². The van der Waals surface area contributed by atoms with E-state index in [2.05, 4.69) is 40.8 Å². The molecule has 0 aliphatic carbocycles. The van der Waals surface area contributed by atoms with E-state index in [4.69, 9.17) is 16.6 Å². The summed E-state index contributed by atoms with van der Waals surface area (Å²) in [4.78, 5) is 13.6. The number of hydrogen-bond acceptors (Lipinski definition) is 7. The maximum absolute atomic E-state index is 14.3. The first kappa shape index (κ1) is 28.2. The van der Waals surface area contributed by atoms with Crippen LogP contribution in [-0.4, -0.2) is 61.3 Å². The quantitative estimate of drug-likeness (QED) is 0.211. The lowest BCUT2D eigenvalue weighted by Gasteiger charge is -2.34. The average Bonchev–Trinajstić information content (AvgIpc) is 3.52. The minimum absolute atomic E-state index is 0.247. The van der Waals surface area contributed by atoms with Crippen LogP contribution in [0.2, 0.25) is 5.02 Å². The molecule has 10 heteroatoms. The molecule has 7 nitrogen and oxygen atoms in total. The van der Waals surface area contributed by atoms with Gasteiger partial charge in [-0.3, -0.25) is 0 Å². The molecule has 2 aliphatic rings. The van der Waals surface area contributed by atoms with Gasteiger partial charge in [-0.2, -0.15) is 0 Å². The molecule has 7 rings (SSSR count). The molecular weight excluding hydrogens is 598 g/mol. The van der Waals surface area contributed by atoms with Crippen molar-refractivity contribution in [2.24, 2.45) is 4.99 Å². The van der Waals surface area contributed by atoms with Crippen LogP contribution in [0.25, 0.3) is 10.9 Å². The number of aliphatic imine (C=N–C) groups is 1. The van der Waals surface area contributed by atoms with Crippen LogP contribution in [-0.2, 0) is 16.6 Å². The molecule has 0 saturated carbocycles. The number of amidine groups is 1. The van der Waals surface area contributed by atoms with E-state index in [0.29, 0.717) is 22.8 Å². The summed E-state index contributed by atoms with van der Waals surface area (Å²) in [5.41, 5.74) is 5.13. The smallest absolute Gasteiger partial charge is 0.268 e. The molecule has 0 amide bonds. The Labute approximate surface area is 261 Å². The molecule has 0 unspecified atom stereocenters. The summed E-state index contributed by atoms with van der Waals surface area (Å²) in [5, 5.41) is 2.39. The molecule has 0 N–H and O–H groups in total. The van der Waals surface area contributed by atoms with E-state index in [0.717, 1.165) is 64.9 Å². The molecule has 5 aromatic rings. The van der Waals surface area contributed by atoms with Crippen molar-refractivity contribution in [3.05, 3.63) is 106 Å². The average molecular weight is 630 g/mol. The molecule has 2 aliphatic heterocycles. The van der Waals surface area contributed by atoms with Crippen molar-refractivity contribution in [3.63, 3.8) is 0 Å². The lowest BCUT2D eigenvalue weighted by molar-refractivity contribution is 0.216. The molecule has 43 heavy (non-hydrogen) atoms. The summed E-state index contributed by atoms with van der Waals surface area (Å²) in [5.74, 6) is 0.974. The molecular formula is C33H32ClN5O2S2. The SMILES string of the molecule is Cc1ccc(S(=O)(=O)n2c(CN3c4ccccc4N=C(N4CCN(C)CC4)c4cc(C)sc43)cc3cc(Cl)ccc32)cc1. The number of halogens is 1. The molecule has 3 aromatic carbocycles. The molecule has 0 atom stereocenters. The number of para-hydroxylation sites is 2. The van der Waals surface area contributed by atoms with Gasteiger partial charge in [-0.1, -0.05) is 41.4 Å². The van der Waals surface area contributed by atoms with Gasteiger partial charge in [-0.15, -0.1) is 11.3 Å². The van der Waals surface area contributed by atoms with E-state index in [1.807, 2.05) is 49.4 Å². The maximum atomic E-state index is 14.3. The Kier molecular flexibility index (Phi) is 7.09. The molecule has 0 spiro atoms. The van der Waals surface area contributed by atoms with E-state index in [1.54, 1.807) is 35.6 Å². The van der Waals surface area contributed by atoms with Gasteiger partial charge in [0.15, 0.2) is 0 Å². The third kappa shape index (κ3) is 5.04. The maximum Gasteiger partial charge on any atom is 0.268 e. The van der Waals surface area contributed by atoms with Gasteiger partial charge >= 0.3 is 0 Å². The van der Waals surface area contributed by atoms with Crippen molar-refractivity contribution >= 4 is 66.1 Å². The van der Waals surface area contributed by atoms with E-state index >= 15 is 0 Å². The predicted molar refractivity (Wildman–Crippen MR) is 177 cm³/mol. The second-order valence-corrected chi connectivity index (χ2v) is 14.8. The predicted octanol–water partition coefficient (Wildman–Crippen LogP) is 7.19. The number of thiophene rings is 1. The lowest BCUT2D eigenvalue weighted by atomic mass is 10.2.